The summed E-state index contributed by atoms with van der Waals surface area (Å²) in [5, 5.41) is 9.12. The third kappa shape index (κ3) is 3.77. The van der Waals surface area contributed by atoms with E-state index < -0.39 is 11.6 Å². The van der Waals surface area contributed by atoms with Gasteiger partial charge in [0.05, 0.1) is 0 Å². The van der Waals surface area contributed by atoms with Gasteiger partial charge in [-0.15, -0.1) is 0 Å². The zero-order chi connectivity index (χ0) is 17.2. The van der Waals surface area contributed by atoms with Crippen molar-refractivity contribution in [2.24, 2.45) is 0 Å². The number of benzene rings is 2. The molecule has 0 heterocycles. The van der Waals surface area contributed by atoms with E-state index in [9.17, 15) is 9.59 Å². The minimum absolute atomic E-state index is 0.119. The molecule has 0 aliphatic carbocycles. The van der Waals surface area contributed by atoms with Crippen LogP contribution in [0.2, 0.25) is 0 Å². The summed E-state index contributed by atoms with van der Waals surface area (Å²) in [4.78, 5) is 23.7. The number of carbonyl (C=O) groups is 2. The van der Waals surface area contributed by atoms with Crippen molar-refractivity contribution in [1.29, 1.82) is 0 Å². The van der Waals surface area contributed by atoms with Crippen LogP contribution in [0.1, 0.15) is 40.9 Å². The quantitative estimate of drug-likeness (QED) is 0.853. The SMILES string of the molecule is Cc1ccc(C(=O)c2cccc(OC(C)(C)C(=O)O)c2)cc1C. The van der Waals surface area contributed by atoms with Crippen molar-refractivity contribution in [2.45, 2.75) is 33.3 Å². The van der Waals surface area contributed by atoms with E-state index in [0.717, 1.165) is 11.1 Å². The third-order valence-electron chi connectivity index (χ3n) is 3.75. The second-order valence-electron chi connectivity index (χ2n) is 6.07. The van der Waals surface area contributed by atoms with Gasteiger partial charge in [0.15, 0.2) is 11.4 Å². The minimum Gasteiger partial charge on any atom is -0.478 e. The lowest BCUT2D eigenvalue weighted by Crippen LogP contribution is -2.37. The van der Waals surface area contributed by atoms with E-state index in [1.807, 2.05) is 26.0 Å². The number of carbonyl (C=O) groups excluding carboxylic acids is 1. The molecule has 0 fully saturated rings. The predicted molar refractivity (Wildman–Crippen MR) is 88.1 cm³/mol. The first-order chi connectivity index (χ1) is 10.7. The van der Waals surface area contributed by atoms with E-state index in [1.54, 1.807) is 30.3 Å². The molecule has 0 spiro atoms. The van der Waals surface area contributed by atoms with Gasteiger partial charge in [-0.3, -0.25) is 4.79 Å². The average molecular weight is 312 g/mol. The largest absolute Gasteiger partial charge is 0.478 e. The fourth-order valence-corrected chi connectivity index (χ4v) is 2.09. The summed E-state index contributed by atoms with van der Waals surface area (Å²) in [6.07, 6.45) is 0. The molecule has 0 saturated carbocycles. The maximum atomic E-state index is 12.6. The van der Waals surface area contributed by atoms with Crippen LogP contribution in [0.15, 0.2) is 42.5 Å². The molecule has 4 nitrogen and oxygen atoms in total. The summed E-state index contributed by atoms with van der Waals surface area (Å²) in [7, 11) is 0. The fourth-order valence-electron chi connectivity index (χ4n) is 2.09. The first kappa shape index (κ1) is 16.7. The summed E-state index contributed by atoms with van der Waals surface area (Å²) in [5.41, 5.74) is 1.88. The van der Waals surface area contributed by atoms with Crippen LogP contribution >= 0.6 is 0 Å². The van der Waals surface area contributed by atoms with E-state index in [-0.39, 0.29) is 5.78 Å². The molecule has 2 aromatic carbocycles. The fraction of sp³-hybridized carbons (Fsp3) is 0.263. The molecule has 0 atom stereocenters. The van der Waals surface area contributed by atoms with E-state index in [1.165, 1.54) is 13.8 Å². The summed E-state index contributed by atoms with van der Waals surface area (Å²) >= 11 is 0. The molecule has 0 aliphatic heterocycles. The van der Waals surface area contributed by atoms with Gasteiger partial charge in [0.1, 0.15) is 5.75 Å². The Balaban J connectivity index is 2.30. The Morgan fingerprint density at radius 1 is 0.957 bits per heavy atom. The number of hydrogen-bond acceptors (Lipinski definition) is 3. The first-order valence-electron chi connectivity index (χ1n) is 7.35. The number of hydrogen-bond donors (Lipinski definition) is 1. The number of carboxylic acid groups (broad SMARTS) is 1. The molecule has 4 heteroatoms. The van der Waals surface area contributed by atoms with Gasteiger partial charge in [0.2, 0.25) is 0 Å². The molecule has 0 radical (unpaired) electrons. The standard InChI is InChI=1S/C19H20O4/c1-12-8-9-15(10-13(12)2)17(20)14-6-5-7-16(11-14)23-19(3,4)18(21)22/h5-11H,1-4H3,(H,21,22). The molecule has 1 N–H and O–H groups in total. The third-order valence-corrected chi connectivity index (χ3v) is 3.75. The highest BCUT2D eigenvalue weighted by atomic mass is 16.5. The average Bonchev–Trinajstić information content (AvgIpc) is 2.49. The molecule has 0 aliphatic rings. The van der Waals surface area contributed by atoms with Gasteiger partial charge in [-0.25, -0.2) is 4.79 Å². The van der Waals surface area contributed by atoms with E-state index in [2.05, 4.69) is 0 Å². The predicted octanol–water partition coefficient (Wildman–Crippen LogP) is 3.78. The molecule has 2 rings (SSSR count). The van der Waals surface area contributed by atoms with Gasteiger partial charge >= 0.3 is 5.97 Å². The Morgan fingerprint density at radius 2 is 1.61 bits per heavy atom. The molecule has 0 unspecified atom stereocenters. The Kier molecular flexibility index (Phi) is 4.55. The second kappa shape index (κ2) is 6.24. The molecule has 0 amide bonds. The maximum Gasteiger partial charge on any atom is 0.347 e. The van der Waals surface area contributed by atoms with Crippen molar-refractivity contribution < 1.29 is 19.4 Å². The molecular weight excluding hydrogens is 292 g/mol. The summed E-state index contributed by atoms with van der Waals surface area (Å²) < 4.78 is 5.48. The number of ether oxygens (including phenoxy) is 1. The molecule has 0 saturated heterocycles. The van der Waals surface area contributed by atoms with Crippen LogP contribution in [-0.4, -0.2) is 22.5 Å². The van der Waals surface area contributed by atoms with Gasteiger partial charge in [-0.2, -0.15) is 0 Å². The minimum atomic E-state index is -1.36. The lowest BCUT2D eigenvalue weighted by atomic mass is 9.99. The number of carboxylic acids is 1. The number of aryl methyl sites for hydroxylation is 2. The van der Waals surface area contributed by atoms with E-state index in [4.69, 9.17) is 9.84 Å². The molecule has 2 aromatic rings. The molecule has 0 bridgehead atoms. The lowest BCUT2D eigenvalue weighted by molar-refractivity contribution is -0.152. The smallest absolute Gasteiger partial charge is 0.347 e. The highest BCUT2D eigenvalue weighted by Crippen LogP contribution is 2.22. The molecule has 0 aromatic heterocycles. The van der Waals surface area contributed by atoms with Crippen molar-refractivity contribution in [1.82, 2.24) is 0 Å². The number of rotatable bonds is 5. The van der Waals surface area contributed by atoms with Crippen molar-refractivity contribution >= 4 is 11.8 Å². The van der Waals surface area contributed by atoms with Gasteiger partial charge in [0, 0.05) is 11.1 Å². The Labute approximate surface area is 135 Å². The van der Waals surface area contributed by atoms with Crippen LogP contribution in [0.3, 0.4) is 0 Å². The normalized spacial score (nSPS) is 11.1. The summed E-state index contributed by atoms with van der Waals surface area (Å²) in [6.45, 7) is 6.88. The van der Waals surface area contributed by atoms with Gasteiger partial charge < -0.3 is 9.84 Å². The highest BCUT2D eigenvalue weighted by molar-refractivity contribution is 6.09. The van der Waals surface area contributed by atoms with Crippen molar-refractivity contribution in [3.05, 3.63) is 64.7 Å². The van der Waals surface area contributed by atoms with Gasteiger partial charge in [0.25, 0.3) is 0 Å². The Hall–Kier alpha value is -2.62. The Bertz CT molecular complexity index is 760. The topological polar surface area (TPSA) is 63.6 Å². The van der Waals surface area contributed by atoms with E-state index >= 15 is 0 Å². The summed E-state index contributed by atoms with van der Waals surface area (Å²) in [5.74, 6) is -0.831. The second-order valence-corrected chi connectivity index (χ2v) is 6.07. The van der Waals surface area contributed by atoms with Gasteiger partial charge in [-0.05, 0) is 57.0 Å². The zero-order valence-corrected chi connectivity index (χ0v) is 13.7. The van der Waals surface area contributed by atoms with Crippen LogP contribution in [-0.2, 0) is 4.79 Å². The molecular formula is C19H20O4. The van der Waals surface area contributed by atoms with Crippen LogP contribution in [0.5, 0.6) is 5.75 Å². The highest BCUT2D eigenvalue weighted by Gasteiger charge is 2.29. The Morgan fingerprint density at radius 3 is 2.22 bits per heavy atom. The number of aliphatic carboxylic acids is 1. The van der Waals surface area contributed by atoms with Crippen molar-refractivity contribution in [3.63, 3.8) is 0 Å². The molecule has 120 valence electrons. The van der Waals surface area contributed by atoms with Gasteiger partial charge in [-0.1, -0.05) is 24.3 Å². The maximum absolute atomic E-state index is 12.6. The lowest BCUT2D eigenvalue weighted by Gasteiger charge is -2.21. The van der Waals surface area contributed by atoms with Crippen molar-refractivity contribution in [3.8, 4) is 5.75 Å². The zero-order valence-electron chi connectivity index (χ0n) is 13.7. The van der Waals surface area contributed by atoms with Crippen molar-refractivity contribution in [2.75, 3.05) is 0 Å². The van der Waals surface area contributed by atoms with Crippen LogP contribution < -0.4 is 4.74 Å². The number of ketones is 1. The summed E-state index contributed by atoms with van der Waals surface area (Å²) in [6, 6.07) is 12.1. The van der Waals surface area contributed by atoms with E-state index in [0.29, 0.717) is 16.9 Å². The monoisotopic (exact) mass is 312 g/mol. The van der Waals surface area contributed by atoms with Crippen LogP contribution in [0, 0.1) is 13.8 Å². The van der Waals surface area contributed by atoms with Crippen LogP contribution in [0.25, 0.3) is 0 Å². The van der Waals surface area contributed by atoms with Crippen LogP contribution in [0.4, 0.5) is 0 Å². The first-order valence-corrected chi connectivity index (χ1v) is 7.35. The molecule has 23 heavy (non-hydrogen) atoms.